The maximum absolute atomic E-state index is 6.10. The quantitative estimate of drug-likeness (QED) is 0.813. The van der Waals surface area contributed by atoms with Crippen molar-refractivity contribution in [3.05, 3.63) is 42.0 Å². The highest BCUT2D eigenvalue weighted by Gasteiger charge is 2.52. The summed E-state index contributed by atoms with van der Waals surface area (Å²) in [6.45, 7) is 10.8. The van der Waals surface area contributed by atoms with Crippen LogP contribution in [0.5, 0.6) is 0 Å². The number of hydrogen-bond acceptors (Lipinski definition) is 4. The van der Waals surface area contributed by atoms with Gasteiger partial charge in [0.25, 0.3) is 0 Å². The first-order chi connectivity index (χ1) is 10.3. The summed E-state index contributed by atoms with van der Waals surface area (Å²) >= 11 is 0. The molecule has 0 bridgehead atoms. The summed E-state index contributed by atoms with van der Waals surface area (Å²) < 4.78 is 14.1. The van der Waals surface area contributed by atoms with Crippen molar-refractivity contribution in [1.29, 1.82) is 0 Å². The van der Waals surface area contributed by atoms with Gasteiger partial charge in [-0.2, -0.15) is 5.10 Å². The van der Waals surface area contributed by atoms with Crippen LogP contribution in [0.1, 0.15) is 39.1 Å². The molecule has 6 heteroatoms. The third kappa shape index (κ3) is 2.68. The molecule has 2 aromatic rings. The van der Waals surface area contributed by atoms with Crippen LogP contribution in [0.15, 0.2) is 30.6 Å². The third-order valence-electron chi connectivity index (χ3n) is 4.54. The molecule has 0 saturated carbocycles. The Morgan fingerprint density at radius 2 is 1.82 bits per heavy atom. The molecule has 1 aliphatic heterocycles. The maximum Gasteiger partial charge on any atom is 0.498 e. The minimum Gasteiger partial charge on any atom is -0.399 e. The van der Waals surface area contributed by atoms with Crippen LogP contribution in [-0.4, -0.2) is 33.1 Å². The summed E-state index contributed by atoms with van der Waals surface area (Å²) in [7, 11) is -0.373. The molecule has 0 aliphatic carbocycles. The SMILES string of the molecule is Cc1nn(Cc2ccccn2)cc1B1OC(C)(C)C(C)(C)O1. The molecule has 1 aliphatic rings. The largest absolute Gasteiger partial charge is 0.498 e. The van der Waals surface area contributed by atoms with Crippen molar-refractivity contribution in [1.82, 2.24) is 14.8 Å². The highest BCUT2D eigenvalue weighted by molar-refractivity contribution is 6.62. The van der Waals surface area contributed by atoms with Gasteiger partial charge in [-0.05, 0) is 46.8 Å². The number of nitrogens with zero attached hydrogens (tertiary/aromatic N) is 3. The first-order valence-electron chi connectivity index (χ1n) is 7.58. The molecular weight excluding hydrogens is 277 g/mol. The molecule has 0 N–H and O–H groups in total. The lowest BCUT2D eigenvalue weighted by molar-refractivity contribution is 0.00578. The molecule has 3 rings (SSSR count). The Morgan fingerprint density at radius 3 is 2.41 bits per heavy atom. The molecule has 3 heterocycles. The zero-order valence-corrected chi connectivity index (χ0v) is 13.8. The first-order valence-corrected chi connectivity index (χ1v) is 7.58. The fourth-order valence-electron chi connectivity index (χ4n) is 2.47. The van der Waals surface area contributed by atoms with Gasteiger partial charge in [-0.25, -0.2) is 0 Å². The van der Waals surface area contributed by atoms with Gasteiger partial charge in [0.1, 0.15) is 0 Å². The van der Waals surface area contributed by atoms with E-state index >= 15 is 0 Å². The predicted molar refractivity (Wildman–Crippen MR) is 86.0 cm³/mol. The standard InChI is InChI=1S/C16H22BN3O2/c1-12-14(17-21-15(2,3)16(4,5)22-17)11-20(19-12)10-13-8-6-7-9-18-13/h6-9,11H,10H2,1-5H3. The van der Waals surface area contributed by atoms with E-state index < -0.39 is 0 Å². The van der Waals surface area contributed by atoms with Crippen LogP contribution < -0.4 is 5.46 Å². The van der Waals surface area contributed by atoms with Crippen LogP contribution in [0.2, 0.25) is 0 Å². The van der Waals surface area contributed by atoms with Gasteiger partial charge in [-0.3, -0.25) is 9.67 Å². The normalized spacial score (nSPS) is 19.6. The molecule has 5 nitrogen and oxygen atoms in total. The van der Waals surface area contributed by atoms with Gasteiger partial charge in [-0.15, -0.1) is 0 Å². The number of pyridine rings is 1. The summed E-state index contributed by atoms with van der Waals surface area (Å²) in [5, 5.41) is 4.56. The first kappa shape index (κ1) is 15.2. The second-order valence-electron chi connectivity index (χ2n) is 6.78. The van der Waals surface area contributed by atoms with Crippen molar-refractivity contribution < 1.29 is 9.31 Å². The average molecular weight is 299 g/mol. The van der Waals surface area contributed by atoms with Crippen molar-refractivity contribution in [3.8, 4) is 0 Å². The topological polar surface area (TPSA) is 49.2 Å². The molecule has 2 aromatic heterocycles. The van der Waals surface area contributed by atoms with E-state index in [9.17, 15) is 0 Å². The summed E-state index contributed by atoms with van der Waals surface area (Å²) in [6.07, 6.45) is 3.78. The molecule has 0 spiro atoms. The average Bonchev–Trinajstić information content (AvgIpc) is 2.88. The van der Waals surface area contributed by atoms with E-state index in [2.05, 4.69) is 37.8 Å². The van der Waals surface area contributed by atoms with E-state index in [0.717, 1.165) is 16.9 Å². The molecule has 1 saturated heterocycles. The van der Waals surface area contributed by atoms with E-state index in [1.165, 1.54) is 0 Å². The molecule has 1 fully saturated rings. The number of hydrogen-bond donors (Lipinski definition) is 0. The van der Waals surface area contributed by atoms with Crippen LogP contribution >= 0.6 is 0 Å². The third-order valence-corrected chi connectivity index (χ3v) is 4.54. The van der Waals surface area contributed by atoms with E-state index in [4.69, 9.17) is 9.31 Å². The van der Waals surface area contributed by atoms with Crippen LogP contribution in [0.25, 0.3) is 0 Å². The second-order valence-corrected chi connectivity index (χ2v) is 6.78. The Balaban J connectivity index is 1.82. The van der Waals surface area contributed by atoms with Crippen LogP contribution in [0, 0.1) is 6.92 Å². The minimum absolute atomic E-state index is 0.340. The van der Waals surface area contributed by atoms with Gasteiger partial charge in [0.05, 0.1) is 29.1 Å². The minimum atomic E-state index is -0.373. The lowest BCUT2D eigenvalue weighted by Gasteiger charge is -2.32. The Bertz CT molecular complexity index is 651. The lowest BCUT2D eigenvalue weighted by atomic mass is 9.79. The highest BCUT2D eigenvalue weighted by Crippen LogP contribution is 2.36. The summed E-state index contributed by atoms with van der Waals surface area (Å²) in [6, 6.07) is 5.88. The highest BCUT2D eigenvalue weighted by atomic mass is 16.7. The fourth-order valence-corrected chi connectivity index (χ4v) is 2.47. The Hall–Kier alpha value is -1.66. The second kappa shape index (κ2) is 5.21. The van der Waals surface area contributed by atoms with E-state index in [0.29, 0.717) is 6.54 Å². The van der Waals surface area contributed by atoms with Crippen molar-refractivity contribution >= 4 is 12.6 Å². The fraction of sp³-hybridized carbons (Fsp3) is 0.500. The molecule has 0 aromatic carbocycles. The molecule has 22 heavy (non-hydrogen) atoms. The molecule has 0 atom stereocenters. The van der Waals surface area contributed by atoms with Crippen LogP contribution in [-0.2, 0) is 15.9 Å². The molecule has 0 unspecified atom stereocenters. The number of rotatable bonds is 3. The van der Waals surface area contributed by atoms with Gasteiger partial charge >= 0.3 is 7.12 Å². The lowest BCUT2D eigenvalue weighted by Crippen LogP contribution is -2.41. The van der Waals surface area contributed by atoms with Crippen LogP contribution in [0.3, 0.4) is 0 Å². The summed E-state index contributed by atoms with van der Waals surface area (Å²) in [5.41, 5.74) is 2.20. The van der Waals surface area contributed by atoms with Gasteiger partial charge in [0, 0.05) is 17.9 Å². The van der Waals surface area contributed by atoms with Crippen molar-refractivity contribution in [2.45, 2.75) is 52.4 Å². The Kier molecular flexibility index (Phi) is 3.61. The zero-order chi connectivity index (χ0) is 16.0. The number of aromatic nitrogens is 3. The predicted octanol–water partition coefficient (Wildman–Crippen LogP) is 1.93. The van der Waals surface area contributed by atoms with Crippen molar-refractivity contribution in [2.75, 3.05) is 0 Å². The van der Waals surface area contributed by atoms with E-state index in [1.54, 1.807) is 6.20 Å². The Labute approximate surface area is 131 Å². The van der Waals surface area contributed by atoms with E-state index in [1.807, 2.05) is 36.0 Å². The van der Waals surface area contributed by atoms with Crippen molar-refractivity contribution in [2.24, 2.45) is 0 Å². The monoisotopic (exact) mass is 299 g/mol. The van der Waals surface area contributed by atoms with Crippen LogP contribution in [0.4, 0.5) is 0 Å². The van der Waals surface area contributed by atoms with Crippen molar-refractivity contribution in [3.63, 3.8) is 0 Å². The van der Waals surface area contributed by atoms with Gasteiger partial charge in [0.2, 0.25) is 0 Å². The smallest absolute Gasteiger partial charge is 0.399 e. The zero-order valence-electron chi connectivity index (χ0n) is 13.8. The number of aryl methyl sites for hydroxylation is 1. The molecule has 0 amide bonds. The summed E-state index contributed by atoms with van der Waals surface area (Å²) in [5.74, 6) is 0. The molecular formula is C16H22BN3O2. The van der Waals surface area contributed by atoms with E-state index in [-0.39, 0.29) is 18.3 Å². The molecule has 116 valence electrons. The van der Waals surface area contributed by atoms with Gasteiger partial charge in [-0.1, -0.05) is 6.07 Å². The summed E-state index contributed by atoms with van der Waals surface area (Å²) in [4.78, 5) is 4.33. The Morgan fingerprint density at radius 1 is 1.14 bits per heavy atom. The van der Waals surface area contributed by atoms with Gasteiger partial charge in [0.15, 0.2) is 0 Å². The maximum atomic E-state index is 6.10. The molecule has 0 radical (unpaired) electrons. The van der Waals surface area contributed by atoms with Gasteiger partial charge < -0.3 is 9.31 Å².